The van der Waals surface area contributed by atoms with E-state index in [1.54, 1.807) is 48.5 Å². The Labute approximate surface area is 171 Å². The van der Waals surface area contributed by atoms with Gasteiger partial charge in [0.15, 0.2) is 0 Å². The average molecular weight is 400 g/mol. The highest BCUT2D eigenvalue weighted by molar-refractivity contribution is 5.89. The zero-order chi connectivity index (χ0) is 21.5. The highest BCUT2D eigenvalue weighted by atomic mass is 17.2. The van der Waals surface area contributed by atoms with Gasteiger partial charge >= 0.3 is 11.9 Å². The summed E-state index contributed by atoms with van der Waals surface area (Å²) < 4.78 is 0. The van der Waals surface area contributed by atoms with Gasteiger partial charge in [-0.3, -0.25) is 9.78 Å². The molecule has 0 saturated heterocycles. The molecule has 0 amide bonds. The lowest BCUT2D eigenvalue weighted by molar-refractivity contribution is -0.336. The van der Waals surface area contributed by atoms with Crippen LogP contribution in [0.5, 0.6) is 0 Å². The first kappa shape index (κ1) is 22.6. The standard InChI is InChI=1S/C23H28O6/c1-17(23(4,5)29-27-21(25)19-14-10-7-11-15-19)16-22(2,3)28-26-20(24)18-12-8-6-9-13-18/h6-15,17H,16H2,1-5H3. The van der Waals surface area contributed by atoms with Crippen molar-refractivity contribution in [1.82, 2.24) is 0 Å². The molecule has 156 valence electrons. The molecule has 0 spiro atoms. The second-order valence-electron chi connectivity index (χ2n) is 8.11. The summed E-state index contributed by atoms with van der Waals surface area (Å²) in [5.41, 5.74) is -0.733. The van der Waals surface area contributed by atoms with Crippen LogP contribution in [0.4, 0.5) is 0 Å². The Morgan fingerprint density at radius 3 is 1.62 bits per heavy atom. The molecule has 6 nitrogen and oxygen atoms in total. The fraction of sp³-hybridized carbons (Fsp3) is 0.391. The maximum Gasteiger partial charge on any atom is 0.373 e. The van der Waals surface area contributed by atoms with Gasteiger partial charge in [-0.25, -0.2) is 9.59 Å². The van der Waals surface area contributed by atoms with Crippen LogP contribution in [-0.4, -0.2) is 23.1 Å². The van der Waals surface area contributed by atoms with Crippen LogP contribution in [0.3, 0.4) is 0 Å². The van der Waals surface area contributed by atoms with Crippen LogP contribution in [0.15, 0.2) is 60.7 Å². The lowest BCUT2D eigenvalue weighted by Gasteiger charge is -2.34. The maximum atomic E-state index is 12.1. The lowest BCUT2D eigenvalue weighted by atomic mass is 9.84. The van der Waals surface area contributed by atoms with Crippen molar-refractivity contribution >= 4 is 11.9 Å². The molecular formula is C23H28O6. The molecule has 0 aliphatic heterocycles. The fourth-order valence-corrected chi connectivity index (χ4v) is 2.64. The van der Waals surface area contributed by atoms with Crippen molar-refractivity contribution in [3.63, 3.8) is 0 Å². The van der Waals surface area contributed by atoms with Crippen LogP contribution in [0.25, 0.3) is 0 Å². The van der Waals surface area contributed by atoms with Gasteiger partial charge in [0.25, 0.3) is 0 Å². The van der Waals surface area contributed by atoms with Gasteiger partial charge in [0.2, 0.25) is 0 Å². The molecule has 2 aromatic rings. The van der Waals surface area contributed by atoms with E-state index in [9.17, 15) is 9.59 Å². The molecule has 0 bridgehead atoms. The number of benzene rings is 2. The summed E-state index contributed by atoms with van der Waals surface area (Å²) in [5, 5.41) is 0. The zero-order valence-corrected chi connectivity index (χ0v) is 17.5. The van der Waals surface area contributed by atoms with Crippen LogP contribution < -0.4 is 0 Å². The van der Waals surface area contributed by atoms with E-state index in [2.05, 4.69) is 0 Å². The predicted molar refractivity (Wildman–Crippen MR) is 108 cm³/mol. The van der Waals surface area contributed by atoms with Gasteiger partial charge in [-0.15, -0.1) is 0 Å². The Bertz CT molecular complexity index is 799. The monoisotopic (exact) mass is 400 g/mol. The Kier molecular flexibility index (Phi) is 7.53. The van der Waals surface area contributed by atoms with Gasteiger partial charge in [-0.05, 0) is 64.3 Å². The Hall–Kier alpha value is -2.70. The van der Waals surface area contributed by atoms with E-state index in [4.69, 9.17) is 19.6 Å². The van der Waals surface area contributed by atoms with Gasteiger partial charge in [0.1, 0.15) is 11.2 Å². The number of hydrogen-bond donors (Lipinski definition) is 0. The first-order valence-corrected chi connectivity index (χ1v) is 9.51. The molecule has 1 atom stereocenters. The minimum atomic E-state index is -0.783. The van der Waals surface area contributed by atoms with Crippen molar-refractivity contribution in [2.75, 3.05) is 0 Å². The first-order chi connectivity index (χ1) is 13.6. The molecule has 0 fully saturated rings. The average Bonchev–Trinajstić information content (AvgIpc) is 2.71. The van der Waals surface area contributed by atoms with Crippen LogP contribution in [0, 0.1) is 5.92 Å². The molecule has 29 heavy (non-hydrogen) atoms. The van der Waals surface area contributed by atoms with Crippen molar-refractivity contribution in [3.8, 4) is 0 Å². The van der Waals surface area contributed by atoms with Crippen LogP contribution >= 0.6 is 0 Å². The van der Waals surface area contributed by atoms with Crippen molar-refractivity contribution in [2.45, 2.75) is 52.2 Å². The van der Waals surface area contributed by atoms with Gasteiger partial charge in [0, 0.05) is 0 Å². The zero-order valence-electron chi connectivity index (χ0n) is 17.5. The summed E-state index contributed by atoms with van der Waals surface area (Å²) in [6.45, 7) is 9.21. The Morgan fingerprint density at radius 2 is 1.17 bits per heavy atom. The van der Waals surface area contributed by atoms with Crippen LogP contribution in [-0.2, 0) is 19.6 Å². The molecule has 0 heterocycles. The molecule has 0 N–H and O–H groups in total. The van der Waals surface area contributed by atoms with Crippen molar-refractivity contribution < 1.29 is 29.1 Å². The van der Waals surface area contributed by atoms with Crippen LogP contribution in [0.2, 0.25) is 0 Å². The molecule has 1 unspecified atom stereocenters. The second-order valence-corrected chi connectivity index (χ2v) is 8.11. The summed E-state index contributed by atoms with van der Waals surface area (Å²) in [7, 11) is 0. The van der Waals surface area contributed by atoms with Crippen molar-refractivity contribution in [2.24, 2.45) is 5.92 Å². The Balaban J connectivity index is 1.86. The molecule has 2 rings (SSSR count). The van der Waals surface area contributed by atoms with E-state index in [-0.39, 0.29) is 5.92 Å². The van der Waals surface area contributed by atoms with Crippen molar-refractivity contribution in [3.05, 3.63) is 71.8 Å². The predicted octanol–water partition coefficient (Wildman–Crippen LogP) is 5.15. The molecule has 0 aliphatic carbocycles. The quantitative estimate of drug-likeness (QED) is 0.428. The van der Waals surface area contributed by atoms with E-state index in [1.165, 1.54) is 0 Å². The molecule has 0 aromatic heterocycles. The van der Waals surface area contributed by atoms with Gasteiger partial charge in [-0.2, -0.15) is 9.78 Å². The van der Waals surface area contributed by atoms with Gasteiger partial charge in [0.05, 0.1) is 11.1 Å². The minimum absolute atomic E-state index is 0.0866. The van der Waals surface area contributed by atoms with E-state index in [0.717, 1.165) is 0 Å². The highest BCUT2D eigenvalue weighted by Gasteiger charge is 2.36. The third kappa shape index (κ3) is 7.00. The molecule has 0 aliphatic rings. The molecule has 2 aromatic carbocycles. The van der Waals surface area contributed by atoms with E-state index in [0.29, 0.717) is 17.5 Å². The normalized spacial score (nSPS) is 12.9. The molecule has 6 heteroatoms. The summed E-state index contributed by atoms with van der Waals surface area (Å²) >= 11 is 0. The molecule has 0 saturated carbocycles. The fourth-order valence-electron chi connectivity index (χ4n) is 2.64. The number of rotatable bonds is 9. The summed E-state index contributed by atoms with van der Waals surface area (Å²) in [6, 6.07) is 17.2. The van der Waals surface area contributed by atoms with E-state index >= 15 is 0 Å². The number of carbonyl (C=O) groups excluding carboxylic acids is 2. The summed E-state index contributed by atoms with van der Waals surface area (Å²) in [6.07, 6.45) is 0.491. The Morgan fingerprint density at radius 1 is 0.759 bits per heavy atom. The van der Waals surface area contributed by atoms with Gasteiger partial charge in [-0.1, -0.05) is 43.3 Å². The summed E-state index contributed by atoms with van der Waals surface area (Å²) in [5.74, 6) is -1.20. The van der Waals surface area contributed by atoms with Crippen molar-refractivity contribution in [1.29, 1.82) is 0 Å². The first-order valence-electron chi connectivity index (χ1n) is 9.51. The van der Waals surface area contributed by atoms with E-state index < -0.39 is 23.1 Å². The third-order valence-electron chi connectivity index (χ3n) is 4.68. The second kappa shape index (κ2) is 9.67. The topological polar surface area (TPSA) is 71.1 Å². The highest BCUT2D eigenvalue weighted by Crippen LogP contribution is 2.31. The van der Waals surface area contributed by atoms with E-state index in [1.807, 2.05) is 46.8 Å². The number of hydrogen-bond acceptors (Lipinski definition) is 6. The SMILES string of the molecule is CC(CC(C)(C)OOC(=O)c1ccccc1)C(C)(C)OOC(=O)c1ccccc1. The number of carbonyl (C=O) groups is 2. The molecule has 0 radical (unpaired) electrons. The largest absolute Gasteiger partial charge is 0.373 e. The minimum Gasteiger partial charge on any atom is -0.292 e. The lowest BCUT2D eigenvalue weighted by Crippen LogP contribution is -2.39. The third-order valence-corrected chi connectivity index (χ3v) is 4.68. The summed E-state index contributed by atoms with van der Waals surface area (Å²) in [4.78, 5) is 45.0. The van der Waals surface area contributed by atoms with Crippen LogP contribution in [0.1, 0.15) is 61.8 Å². The molecular weight excluding hydrogens is 372 g/mol. The van der Waals surface area contributed by atoms with Gasteiger partial charge < -0.3 is 0 Å². The smallest absolute Gasteiger partial charge is 0.292 e. The maximum absolute atomic E-state index is 12.1.